The van der Waals surface area contributed by atoms with Gasteiger partial charge in [-0.15, -0.1) is 0 Å². The maximum Gasteiger partial charge on any atom is 0.264 e. The molecule has 3 aromatic carbocycles. The van der Waals surface area contributed by atoms with Gasteiger partial charge in [-0.05, 0) is 80.8 Å². The van der Waals surface area contributed by atoms with Crippen molar-refractivity contribution in [2.75, 3.05) is 31.1 Å². The number of benzene rings is 3. The average Bonchev–Trinajstić information content (AvgIpc) is 3.01. The van der Waals surface area contributed by atoms with E-state index in [-0.39, 0.29) is 17.3 Å². The zero-order chi connectivity index (χ0) is 31.4. The lowest BCUT2D eigenvalue weighted by Crippen LogP contribution is -2.52. The summed E-state index contributed by atoms with van der Waals surface area (Å²) < 4.78 is 39.9. The van der Waals surface area contributed by atoms with Crippen LogP contribution in [0.15, 0.2) is 77.7 Å². The molecule has 10 heteroatoms. The van der Waals surface area contributed by atoms with Gasteiger partial charge in [0.15, 0.2) is 0 Å². The van der Waals surface area contributed by atoms with E-state index < -0.39 is 28.5 Å². The first-order valence-electron chi connectivity index (χ1n) is 14.7. The number of carbonyl (C=O) groups is 2. The van der Waals surface area contributed by atoms with Crippen molar-refractivity contribution in [1.29, 1.82) is 0 Å². The van der Waals surface area contributed by atoms with Gasteiger partial charge in [0.1, 0.15) is 24.1 Å². The Morgan fingerprint density at radius 3 is 2.07 bits per heavy atom. The summed E-state index contributed by atoms with van der Waals surface area (Å²) in [5.41, 5.74) is 2.00. The number of aryl methyl sites for hydroxylation is 1. The van der Waals surface area contributed by atoms with Crippen LogP contribution in [0.3, 0.4) is 0 Å². The van der Waals surface area contributed by atoms with Gasteiger partial charge >= 0.3 is 0 Å². The Hall–Kier alpha value is -4.05. The molecule has 0 aromatic heterocycles. The van der Waals surface area contributed by atoms with E-state index in [9.17, 15) is 18.0 Å². The van der Waals surface area contributed by atoms with Crippen LogP contribution >= 0.6 is 0 Å². The fraction of sp³-hybridized carbons (Fsp3) is 0.394. The number of rotatable bonds is 16. The van der Waals surface area contributed by atoms with Crippen LogP contribution < -0.4 is 19.1 Å². The van der Waals surface area contributed by atoms with Crippen molar-refractivity contribution < 1.29 is 27.5 Å². The predicted octanol–water partition coefficient (Wildman–Crippen LogP) is 5.32. The highest BCUT2D eigenvalue weighted by Crippen LogP contribution is 2.27. The first-order chi connectivity index (χ1) is 20.6. The second-order valence-corrected chi connectivity index (χ2v) is 12.1. The van der Waals surface area contributed by atoms with Crippen LogP contribution in [0.5, 0.6) is 11.5 Å². The van der Waals surface area contributed by atoms with Crippen LogP contribution in [-0.2, 0) is 26.2 Å². The first kappa shape index (κ1) is 33.5. The van der Waals surface area contributed by atoms with Gasteiger partial charge in [-0.3, -0.25) is 13.9 Å². The number of sulfonamides is 1. The summed E-state index contributed by atoms with van der Waals surface area (Å²) in [6, 6.07) is 19.5. The SMILES string of the molecule is CCCCNC(=O)[C@H](CC)N(Cc1ccc(OC)cc1)C(=O)CN(c1ccc(OCC)cc1)S(=O)(=O)c1ccc(C)cc1. The Kier molecular flexibility index (Phi) is 12.4. The summed E-state index contributed by atoms with van der Waals surface area (Å²) in [5, 5.41) is 2.94. The van der Waals surface area contributed by atoms with Crippen LogP contribution in [0, 0.1) is 6.92 Å². The second-order valence-electron chi connectivity index (χ2n) is 10.2. The normalized spacial score (nSPS) is 11.8. The number of anilines is 1. The molecule has 2 amide bonds. The van der Waals surface area contributed by atoms with Crippen molar-refractivity contribution in [3.05, 3.63) is 83.9 Å². The predicted molar refractivity (Wildman–Crippen MR) is 169 cm³/mol. The molecule has 0 unspecified atom stereocenters. The van der Waals surface area contributed by atoms with Gasteiger partial charge in [0.25, 0.3) is 10.0 Å². The van der Waals surface area contributed by atoms with Crippen molar-refractivity contribution in [1.82, 2.24) is 10.2 Å². The molecule has 0 radical (unpaired) electrons. The van der Waals surface area contributed by atoms with Crippen LogP contribution in [0.1, 0.15) is 51.2 Å². The number of hydrogen-bond acceptors (Lipinski definition) is 6. The van der Waals surface area contributed by atoms with E-state index in [4.69, 9.17) is 9.47 Å². The molecule has 0 heterocycles. The minimum atomic E-state index is -4.15. The number of ether oxygens (including phenoxy) is 2. The standard InChI is InChI=1S/C33H43N3O6S/c1-6-9-22-34-33(38)31(7-2)35(23-26-12-16-28(41-5)17-13-26)32(37)24-36(27-14-18-29(19-15-27)42-8-3)43(39,40)30-20-10-25(4)11-21-30/h10-21,31H,6-9,22-24H2,1-5H3,(H,34,38)/t31-/m0/s1. The number of unbranched alkanes of at least 4 members (excludes halogenated alkanes) is 1. The maximum absolute atomic E-state index is 14.2. The molecule has 0 aliphatic heterocycles. The van der Waals surface area contributed by atoms with Gasteiger partial charge in [0.05, 0.1) is 24.3 Å². The molecule has 3 rings (SSSR count). The molecule has 43 heavy (non-hydrogen) atoms. The van der Waals surface area contributed by atoms with E-state index in [1.165, 1.54) is 17.0 Å². The van der Waals surface area contributed by atoms with Gasteiger partial charge in [-0.1, -0.05) is 50.1 Å². The summed E-state index contributed by atoms with van der Waals surface area (Å²) in [4.78, 5) is 29.0. The summed E-state index contributed by atoms with van der Waals surface area (Å²) >= 11 is 0. The number of nitrogens with one attached hydrogen (secondary N) is 1. The van der Waals surface area contributed by atoms with Crippen LogP contribution in [0.25, 0.3) is 0 Å². The minimum absolute atomic E-state index is 0.0610. The van der Waals surface area contributed by atoms with Gasteiger partial charge in [0, 0.05) is 13.1 Å². The zero-order valence-corrected chi connectivity index (χ0v) is 26.5. The lowest BCUT2D eigenvalue weighted by molar-refractivity contribution is -0.140. The van der Waals surface area contributed by atoms with E-state index in [2.05, 4.69) is 5.32 Å². The Morgan fingerprint density at radius 1 is 0.884 bits per heavy atom. The molecule has 0 saturated heterocycles. The quantitative estimate of drug-likeness (QED) is 0.221. The first-order valence-corrected chi connectivity index (χ1v) is 16.1. The van der Waals surface area contributed by atoms with Gasteiger partial charge in [-0.2, -0.15) is 0 Å². The fourth-order valence-corrected chi connectivity index (χ4v) is 6.01. The fourth-order valence-electron chi connectivity index (χ4n) is 4.59. The molecule has 0 aliphatic rings. The largest absolute Gasteiger partial charge is 0.497 e. The highest BCUT2D eigenvalue weighted by atomic mass is 32.2. The summed E-state index contributed by atoms with van der Waals surface area (Å²) in [6.45, 7) is 8.18. The molecule has 0 fully saturated rings. The molecule has 3 aromatic rings. The second kappa shape index (κ2) is 16.0. The Balaban J connectivity index is 2.03. The Labute approximate surface area is 255 Å². The summed E-state index contributed by atoms with van der Waals surface area (Å²) in [6.07, 6.45) is 2.09. The van der Waals surface area contributed by atoms with Crippen molar-refractivity contribution in [2.24, 2.45) is 0 Å². The van der Waals surface area contributed by atoms with E-state index >= 15 is 0 Å². The lowest BCUT2D eigenvalue weighted by atomic mass is 10.1. The third-order valence-corrected chi connectivity index (χ3v) is 8.84. The molecule has 9 nitrogen and oxygen atoms in total. The molecule has 0 bridgehead atoms. The lowest BCUT2D eigenvalue weighted by Gasteiger charge is -2.33. The van der Waals surface area contributed by atoms with Crippen LogP contribution in [0.2, 0.25) is 0 Å². The van der Waals surface area contributed by atoms with Crippen LogP contribution in [-0.4, -0.2) is 58.0 Å². The van der Waals surface area contributed by atoms with Crippen molar-refractivity contribution in [3.63, 3.8) is 0 Å². The third kappa shape index (κ3) is 8.97. The number of carbonyl (C=O) groups excluding carboxylic acids is 2. The molecule has 1 atom stereocenters. The monoisotopic (exact) mass is 609 g/mol. The molecular weight excluding hydrogens is 566 g/mol. The molecule has 0 aliphatic carbocycles. The Bertz CT molecular complexity index is 1420. The van der Waals surface area contributed by atoms with Crippen molar-refractivity contribution in [2.45, 2.75) is 64.4 Å². The zero-order valence-electron chi connectivity index (χ0n) is 25.7. The van der Waals surface area contributed by atoms with Gasteiger partial charge < -0.3 is 19.7 Å². The van der Waals surface area contributed by atoms with E-state index in [0.717, 1.165) is 28.3 Å². The highest BCUT2D eigenvalue weighted by Gasteiger charge is 2.33. The Morgan fingerprint density at radius 2 is 1.51 bits per heavy atom. The van der Waals surface area contributed by atoms with E-state index in [0.29, 0.717) is 36.8 Å². The number of amides is 2. The summed E-state index contributed by atoms with van der Waals surface area (Å²) in [5.74, 6) is 0.475. The van der Waals surface area contributed by atoms with Gasteiger partial charge in [-0.25, -0.2) is 8.42 Å². The molecular formula is C33H43N3O6S. The number of hydrogen-bond donors (Lipinski definition) is 1. The smallest absolute Gasteiger partial charge is 0.264 e. The average molecular weight is 610 g/mol. The molecule has 1 N–H and O–H groups in total. The number of nitrogens with zero attached hydrogens (tertiary/aromatic N) is 2. The van der Waals surface area contributed by atoms with E-state index in [1.807, 2.05) is 39.8 Å². The molecule has 0 saturated carbocycles. The molecule has 232 valence electrons. The highest BCUT2D eigenvalue weighted by molar-refractivity contribution is 7.92. The maximum atomic E-state index is 14.2. The van der Waals surface area contributed by atoms with Gasteiger partial charge in [0.2, 0.25) is 11.8 Å². The minimum Gasteiger partial charge on any atom is -0.497 e. The van der Waals surface area contributed by atoms with Crippen molar-refractivity contribution >= 4 is 27.5 Å². The van der Waals surface area contributed by atoms with Crippen molar-refractivity contribution in [3.8, 4) is 11.5 Å². The number of methoxy groups -OCH3 is 1. The van der Waals surface area contributed by atoms with Crippen LogP contribution in [0.4, 0.5) is 5.69 Å². The topological polar surface area (TPSA) is 105 Å². The molecule has 0 spiro atoms. The van der Waals surface area contributed by atoms with E-state index in [1.54, 1.807) is 55.6 Å². The summed E-state index contributed by atoms with van der Waals surface area (Å²) in [7, 11) is -2.58. The third-order valence-electron chi connectivity index (χ3n) is 7.05.